The number of hydrogen-bond donors (Lipinski definition) is 7. The van der Waals surface area contributed by atoms with E-state index in [9.17, 15) is 28.8 Å². The average Bonchev–Trinajstić information content (AvgIpc) is 2.75. The average molecular weight is 479 g/mol. The lowest BCUT2D eigenvalue weighted by Crippen LogP contribution is -2.56. The molecule has 4 unspecified atom stereocenters. The van der Waals surface area contributed by atoms with Crippen LogP contribution in [0.25, 0.3) is 0 Å². The molecule has 13 nitrogen and oxygen atoms in total. The highest BCUT2D eigenvalue weighted by Crippen LogP contribution is 2.04. The van der Waals surface area contributed by atoms with Gasteiger partial charge in [-0.1, -0.05) is 30.3 Å². The minimum Gasteiger partial charge on any atom is -0.481 e. The molecule has 0 aromatic heterocycles. The van der Waals surface area contributed by atoms with Crippen LogP contribution < -0.4 is 27.4 Å². The highest BCUT2D eigenvalue weighted by molar-refractivity contribution is 5.94. The van der Waals surface area contributed by atoms with E-state index in [4.69, 9.17) is 21.7 Å². The van der Waals surface area contributed by atoms with Crippen molar-refractivity contribution in [2.75, 3.05) is 0 Å². The molecule has 13 heteroatoms. The fourth-order valence-electron chi connectivity index (χ4n) is 2.85. The summed E-state index contributed by atoms with van der Waals surface area (Å²) < 4.78 is 0. The number of carbonyl (C=O) groups excluding carboxylic acids is 4. The Hall–Kier alpha value is -4.00. The second-order valence-corrected chi connectivity index (χ2v) is 7.59. The Labute approximate surface area is 195 Å². The number of rotatable bonds is 14. The van der Waals surface area contributed by atoms with E-state index in [2.05, 4.69) is 10.6 Å². The zero-order chi connectivity index (χ0) is 25.8. The van der Waals surface area contributed by atoms with E-state index >= 15 is 0 Å². The Kier molecular flexibility index (Phi) is 11.2. The van der Waals surface area contributed by atoms with Crippen LogP contribution in [0.1, 0.15) is 31.7 Å². The van der Waals surface area contributed by atoms with Crippen LogP contribution in [0.2, 0.25) is 0 Å². The van der Waals surface area contributed by atoms with Gasteiger partial charge in [0.15, 0.2) is 0 Å². The predicted octanol–water partition coefficient (Wildman–Crippen LogP) is -2.14. The van der Waals surface area contributed by atoms with Crippen molar-refractivity contribution in [3.05, 3.63) is 35.9 Å². The molecule has 0 heterocycles. The first-order chi connectivity index (χ1) is 15.9. The monoisotopic (exact) mass is 479 g/mol. The van der Waals surface area contributed by atoms with Gasteiger partial charge in [-0.3, -0.25) is 24.0 Å². The van der Waals surface area contributed by atoms with E-state index in [0.29, 0.717) is 0 Å². The zero-order valence-electron chi connectivity index (χ0n) is 18.5. The molecule has 186 valence electrons. The number of amides is 4. The van der Waals surface area contributed by atoms with Gasteiger partial charge in [-0.25, -0.2) is 4.79 Å². The molecule has 1 aromatic carbocycles. The summed E-state index contributed by atoms with van der Waals surface area (Å²) in [5, 5.41) is 24.5. The van der Waals surface area contributed by atoms with Gasteiger partial charge in [-0.2, -0.15) is 0 Å². The van der Waals surface area contributed by atoms with Crippen LogP contribution in [0.5, 0.6) is 0 Å². The summed E-state index contributed by atoms with van der Waals surface area (Å²) in [6.45, 7) is 1.24. The van der Waals surface area contributed by atoms with E-state index in [0.717, 1.165) is 5.56 Å². The summed E-state index contributed by atoms with van der Waals surface area (Å²) >= 11 is 0. The van der Waals surface area contributed by atoms with Crippen molar-refractivity contribution in [3.63, 3.8) is 0 Å². The first-order valence-corrected chi connectivity index (χ1v) is 10.3. The molecule has 9 N–H and O–H groups in total. The lowest BCUT2D eigenvalue weighted by Gasteiger charge is -2.23. The third kappa shape index (κ3) is 10.1. The molecule has 4 amide bonds. The van der Waals surface area contributed by atoms with Crippen molar-refractivity contribution in [2.24, 2.45) is 11.5 Å². The molecule has 0 bridgehead atoms. The standard InChI is InChI=1S/C21H29N5O8/c1-11(18(30)26-15(21(33)34)10-17(28)29)24-20(32)14(7-8-16(23)27)25-19(31)13(22)9-12-5-3-2-4-6-12/h2-6,11,13-15H,7-10,22H2,1H3,(H2,23,27)(H,24,32)(H,25,31)(H,26,30)(H,28,29)(H,33,34). The summed E-state index contributed by atoms with van der Waals surface area (Å²) in [7, 11) is 0. The van der Waals surface area contributed by atoms with Crippen LogP contribution in [0.15, 0.2) is 30.3 Å². The van der Waals surface area contributed by atoms with Gasteiger partial charge in [0.25, 0.3) is 0 Å². The van der Waals surface area contributed by atoms with Crippen LogP contribution >= 0.6 is 0 Å². The van der Waals surface area contributed by atoms with Crippen molar-refractivity contribution < 1.29 is 39.0 Å². The minimum absolute atomic E-state index is 0.171. The van der Waals surface area contributed by atoms with E-state index < -0.39 is 66.2 Å². The van der Waals surface area contributed by atoms with Crippen LogP contribution in [0, 0.1) is 0 Å². The maximum atomic E-state index is 12.7. The molecule has 34 heavy (non-hydrogen) atoms. The van der Waals surface area contributed by atoms with Crippen LogP contribution in [-0.4, -0.2) is 69.9 Å². The molecular weight excluding hydrogens is 450 g/mol. The van der Waals surface area contributed by atoms with Gasteiger partial charge < -0.3 is 37.6 Å². The third-order valence-corrected chi connectivity index (χ3v) is 4.69. The van der Waals surface area contributed by atoms with Crippen molar-refractivity contribution in [1.29, 1.82) is 0 Å². The smallest absolute Gasteiger partial charge is 0.326 e. The Morgan fingerprint density at radius 3 is 2.00 bits per heavy atom. The Bertz CT molecular complexity index is 908. The molecule has 0 saturated carbocycles. The minimum atomic E-state index is -1.70. The fraction of sp³-hybridized carbons (Fsp3) is 0.429. The number of aliphatic carboxylic acids is 2. The number of carboxylic acid groups (broad SMARTS) is 2. The van der Waals surface area contributed by atoms with E-state index in [1.165, 1.54) is 6.92 Å². The largest absolute Gasteiger partial charge is 0.481 e. The number of primary amides is 1. The molecule has 0 aliphatic rings. The topological polar surface area (TPSA) is 231 Å². The Morgan fingerprint density at radius 2 is 1.47 bits per heavy atom. The quantitative estimate of drug-likeness (QED) is 0.154. The molecule has 0 aliphatic heterocycles. The Balaban J connectivity index is 2.80. The molecule has 0 aliphatic carbocycles. The number of nitrogens with one attached hydrogen (secondary N) is 3. The van der Waals surface area contributed by atoms with E-state index in [1.807, 2.05) is 5.32 Å². The summed E-state index contributed by atoms with van der Waals surface area (Å²) in [5.74, 6) is -6.18. The van der Waals surface area contributed by atoms with Gasteiger partial charge in [0, 0.05) is 6.42 Å². The molecule has 0 radical (unpaired) electrons. The fourth-order valence-corrected chi connectivity index (χ4v) is 2.85. The molecule has 0 saturated heterocycles. The number of hydrogen-bond acceptors (Lipinski definition) is 7. The summed E-state index contributed by atoms with van der Waals surface area (Å²) in [4.78, 5) is 70.5. The zero-order valence-corrected chi connectivity index (χ0v) is 18.5. The molecule has 0 spiro atoms. The van der Waals surface area contributed by atoms with E-state index in [-0.39, 0.29) is 19.3 Å². The number of benzene rings is 1. The summed E-state index contributed by atoms with van der Waals surface area (Å²) in [6, 6.07) is 3.67. The third-order valence-electron chi connectivity index (χ3n) is 4.69. The number of carbonyl (C=O) groups is 6. The van der Waals surface area contributed by atoms with Crippen LogP contribution in [0.4, 0.5) is 0 Å². The number of carboxylic acids is 2. The molecule has 4 atom stereocenters. The SMILES string of the molecule is CC(NC(=O)C(CCC(N)=O)NC(=O)C(N)Cc1ccccc1)C(=O)NC(CC(=O)O)C(=O)O. The first kappa shape index (κ1) is 28.0. The van der Waals surface area contributed by atoms with Crippen LogP contribution in [-0.2, 0) is 35.2 Å². The van der Waals surface area contributed by atoms with Crippen molar-refractivity contribution >= 4 is 35.6 Å². The highest BCUT2D eigenvalue weighted by Gasteiger charge is 2.29. The van der Waals surface area contributed by atoms with Gasteiger partial charge >= 0.3 is 11.9 Å². The Morgan fingerprint density at radius 1 is 0.882 bits per heavy atom. The molecule has 1 aromatic rings. The predicted molar refractivity (Wildman–Crippen MR) is 118 cm³/mol. The maximum Gasteiger partial charge on any atom is 0.326 e. The van der Waals surface area contributed by atoms with Gasteiger partial charge in [-0.15, -0.1) is 0 Å². The maximum absolute atomic E-state index is 12.7. The van der Waals surface area contributed by atoms with Crippen LogP contribution in [0.3, 0.4) is 0 Å². The lowest BCUT2D eigenvalue weighted by molar-refractivity contribution is -0.147. The normalized spacial score (nSPS) is 14.1. The molecule has 0 fully saturated rings. The summed E-state index contributed by atoms with van der Waals surface area (Å²) in [5.41, 5.74) is 11.8. The van der Waals surface area contributed by atoms with Crippen molar-refractivity contribution in [3.8, 4) is 0 Å². The van der Waals surface area contributed by atoms with Gasteiger partial charge in [0.2, 0.25) is 23.6 Å². The second-order valence-electron chi connectivity index (χ2n) is 7.59. The van der Waals surface area contributed by atoms with E-state index in [1.54, 1.807) is 30.3 Å². The second kappa shape index (κ2) is 13.5. The first-order valence-electron chi connectivity index (χ1n) is 10.3. The molecule has 1 rings (SSSR count). The van der Waals surface area contributed by atoms with Gasteiger partial charge in [-0.05, 0) is 25.3 Å². The highest BCUT2D eigenvalue weighted by atomic mass is 16.4. The van der Waals surface area contributed by atoms with Crippen molar-refractivity contribution in [2.45, 2.75) is 56.8 Å². The van der Waals surface area contributed by atoms with Gasteiger partial charge in [0.05, 0.1) is 12.5 Å². The van der Waals surface area contributed by atoms with Gasteiger partial charge in [0.1, 0.15) is 18.1 Å². The lowest BCUT2D eigenvalue weighted by atomic mass is 10.0. The van der Waals surface area contributed by atoms with Crippen molar-refractivity contribution in [1.82, 2.24) is 16.0 Å². The summed E-state index contributed by atoms with van der Waals surface area (Å²) in [6.07, 6.45) is -1.09. The molecular formula is C21H29N5O8. The number of nitrogens with two attached hydrogens (primary N) is 2.